The van der Waals surface area contributed by atoms with Gasteiger partial charge in [-0.1, -0.05) is 20.8 Å². The number of Topliss-reactive ketones (excluding diaryl/α,β-unsaturated/α-hetero) is 1. The maximum atomic E-state index is 12.9. The number of hydrogen-bond acceptors (Lipinski definition) is 3. The number of anilines is 1. The van der Waals surface area contributed by atoms with E-state index in [9.17, 15) is 9.59 Å². The van der Waals surface area contributed by atoms with E-state index in [1.165, 1.54) is 6.92 Å². The minimum absolute atomic E-state index is 0.00236. The van der Waals surface area contributed by atoms with Crippen LogP contribution in [0.15, 0.2) is 18.2 Å². The Hall–Kier alpha value is -1.84. The Balaban J connectivity index is 2.56. The lowest BCUT2D eigenvalue weighted by Crippen LogP contribution is -2.55. The highest BCUT2D eigenvalue weighted by molar-refractivity contribution is 6.04. The predicted molar refractivity (Wildman–Crippen MR) is 83.0 cm³/mol. The smallest absolute Gasteiger partial charge is 0.271 e. The summed E-state index contributed by atoms with van der Waals surface area (Å²) in [5.74, 6) is 0.684. The van der Waals surface area contributed by atoms with Crippen molar-refractivity contribution in [1.82, 2.24) is 0 Å². The molecule has 0 saturated heterocycles. The summed E-state index contributed by atoms with van der Waals surface area (Å²) in [6.07, 6.45) is 2.13. The first-order valence-electron chi connectivity index (χ1n) is 7.65. The van der Waals surface area contributed by atoms with E-state index < -0.39 is 5.60 Å². The number of carbonyl (C=O) groups is 2. The van der Waals surface area contributed by atoms with Crippen LogP contribution in [0, 0.1) is 0 Å². The highest BCUT2D eigenvalue weighted by atomic mass is 16.5. The van der Waals surface area contributed by atoms with Gasteiger partial charge in [0.25, 0.3) is 5.91 Å². The molecule has 0 bridgehead atoms. The summed E-state index contributed by atoms with van der Waals surface area (Å²) in [7, 11) is 0. The van der Waals surface area contributed by atoms with Crippen LogP contribution in [0.3, 0.4) is 0 Å². The number of hydrogen-bond donors (Lipinski definition) is 0. The summed E-state index contributed by atoms with van der Waals surface area (Å²) in [6, 6.07) is 5.33. The van der Waals surface area contributed by atoms with E-state index in [2.05, 4.69) is 0 Å². The number of rotatable bonds is 5. The van der Waals surface area contributed by atoms with Gasteiger partial charge >= 0.3 is 0 Å². The summed E-state index contributed by atoms with van der Waals surface area (Å²) in [5, 5.41) is 0. The van der Waals surface area contributed by atoms with Gasteiger partial charge in [0.05, 0.1) is 5.69 Å². The van der Waals surface area contributed by atoms with Crippen LogP contribution in [0.4, 0.5) is 5.69 Å². The van der Waals surface area contributed by atoms with Gasteiger partial charge in [-0.15, -0.1) is 0 Å². The quantitative estimate of drug-likeness (QED) is 0.778. The van der Waals surface area contributed by atoms with Crippen molar-refractivity contribution in [2.75, 3.05) is 11.4 Å². The summed E-state index contributed by atoms with van der Waals surface area (Å²) >= 11 is 0. The van der Waals surface area contributed by atoms with Gasteiger partial charge in [-0.25, -0.2) is 0 Å². The van der Waals surface area contributed by atoms with Crippen molar-refractivity contribution in [3.05, 3.63) is 23.8 Å². The van der Waals surface area contributed by atoms with Crippen molar-refractivity contribution in [2.45, 2.75) is 52.6 Å². The van der Waals surface area contributed by atoms with Crippen molar-refractivity contribution in [1.29, 1.82) is 0 Å². The SMILES string of the molecule is CCCN1C(=O)C(CC)(CC)Oc2ccc(C(C)=O)cc21. The van der Waals surface area contributed by atoms with Gasteiger partial charge in [0.1, 0.15) is 5.75 Å². The monoisotopic (exact) mass is 289 g/mol. The zero-order valence-corrected chi connectivity index (χ0v) is 13.2. The number of amides is 1. The molecule has 0 spiro atoms. The van der Waals surface area contributed by atoms with Gasteiger partial charge < -0.3 is 9.64 Å². The molecule has 0 aromatic heterocycles. The first-order valence-corrected chi connectivity index (χ1v) is 7.65. The molecule has 4 heteroatoms. The predicted octanol–water partition coefficient (Wildman–Crippen LogP) is 3.58. The molecular formula is C17H23NO3. The second-order valence-corrected chi connectivity index (χ2v) is 5.50. The molecule has 0 aliphatic carbocycles. The Morgan fingerprint density at radius 3 is 2.43 bits per heavy atom. The maximum Gasteiger partial charge on any atom is 0.271 e. The fourth-order valence-corrected chi connectivity index (χ4v) is 2.79. The maximum absolute atomic E-state index is 12.9. The second-order valence-electron chi connectivity index (χ2n) is 5.50. The van der Waals surface area contributed by atoms with Crippen LogP contribution in [0.25, 0.3) is 0 Å². The van der Waals surface area contributed by atoms with Crippen LogP contribution >= 0.6 is 0 Å². The van der Waals surface area contributed by atoms with Crippen LogP contribution < -0.4 is 9.64 Å². The Kier molecular flexibility index (Phi) is 4.35. The average molecular weight is 289 g/mol. The Labute approximate surface area is 126 Å². The first-order chi connectivity index (χ1) is 9.99. The molecule has 0 radical (unpaired) electrons. The Morgan fingerprint density at radius 2 is 1.90 bits per heavy atom. The molecule has 0 unspecified atom stereocenters. The molecule has 0 fully saturated rings. The number of benzene rings is 1. The highest BCUT2D eigenvalue weighted by Crippen LogP contribution is 2.41. The van der Waals surface area contributed by atoms with E-state index in [-0.39, 0.29) is 11.7 Å². The Morgan fingerprint density at radius 1 is 1.24 bits per heavy atom. The van der Waals surface area contributed by atoms with Gasteiger partial charge in [0.2, 0.25) is 0 Å². The summed E-state index contributed by atoms with van der Waals surface area (Å²) < 4.78 is 6.04. The van der Waals surface area contributed by atoms with E-state index in [0.29, 0.717) is 36.4 Å². The lowest BCUT2D eigenvalue weighted by atomic mass is 9.92. The van der Waals surface area contributed by atoms with Crippen molar-refractivity contribution in [3.8, 4) is 5.75 Å². The molecule has 1 aromatic rings. The molecule has 0 saturated carbocycles. The third-order valence-corrected chi connectivity index (χ3v) is 4.19. The molecular weight excluding hydrogens is 266 g/mol. The zero-order valence-electron chi connectivity index (χ0n) is 13.2. The van der Waals surface area contributed by atoms with Crippen molar-refractivity contribution in [3.63, 3.8) is 0 Å². The van der Waals surface area contributed by atoms with Gasteiger partial charge in [-0.3, -0.25) is 9.59 Å². The normalized spacial score (nSPS) is 16.4. The first kappa shape index (κ1) is 15.5. The Bertz CT molecular complexity index is 561. The minimum Gasteiger partial charge on any atom is -0.475 e. The van der Waals surface area contributed by atoms with E-state index in [0.717, 1.165) is 6.42 Å². The van der Waals surface area contributed by atoms with Crippen LogP contribution in [0.1, 0.15) is 57.3 Å². The van der Waals surface area contributed by atoms with Crippen LogP contribution in [0.5, 0.6) is 5.75 Å². The van der Waals surface area contributed by atoms with Gasteiger partial charge in [-0.2, -0.15) is 0 Å². The fourth-order valence-electron chi connectivity index (χ4n) is 2.79. The van der Waals surface area contributed by atoms with Crippen LogP contribution in [-0.2, 0) is 4.79 Å². The molecule has 2 rings (SSSR count). The van der Waals surface area contributed by atoms with E-state index in [1.54, 1.807) is 23.1 Å². The topological polar surface area (TPSA) is 46.6 Å². The molecule has 1 amide bonds. The molecule has 21 heavy (non-hydrogen) atoms. The van der Waals surface area contributed by atoms with Crippen molar-refractivity contribution in [2.24, 2.45) is 0 Å². The highest BCUT2D eigenvalue weighted by Gasteiger charge is 2.45. The molecule has 1 aliphatic rings. The second kappa shape index (κ2) is 5.88. The lowest BCUT2D eigenvalue weighted by molar-refractivity contribution is -0.136. The number of ether oxygens (including phenoxy) is 1. The average Bonchev–Trinajstić information content (AvgIpc) is 2.49. The zero-order chi connectivity index (χ0) is 15.6. The number of ketones is 1. The number of carbonyl (C=O) groups excluding carboxylic acids is 2. The van der Waals surface area contributed by atoms with E-state index >= 15 is 0 Å². The van der Waals surface area contributed by atoms with Crippen molar-refractivity contribution < 1.29 is 14.3 Å². The largest absolute Gasteiger partial charge is 0.475 e. The number of nitrogens with zero attached hydrogens (tertiary/aromatic N) is 1. The van der Waals surface area contributed by atoms with Gasteiger partial charge in [-0.05, 0) is 44.4 Å². The summed E-state index contributed by atoms with van der Waals surface area (Å²) in [6.45, 7) is 8.15. The molecule has 1 aromatic carbocycles. The summed E-state index contributed by atoms with van der Waals surface area (Å²) in [4.78, 5) is 26.2. The molecule has 1 aliphatic heterocycles. The van der Waals surface area contributed by atoms with Gasteiger partial charge in [0.15, 0.2) is 11.4 Å². The minimum atomic E-state index is -0.778. The van der Waals surface area contributed by atoms with E-state index in [4.69, 9.17) is 4.74 Å². The number of fused-ring (bicyclic) bond motifs is 1. The van der Waals surface area contributed by atoms with Crippen molar-refractivity contribution >= 4 is 17.4 Å². The molecule has 0 N–H and O–H groups in total. The molecule has 1 heterocycles. The van der Waals surface area contributed by atoms with Gasteiger partial charge in [0, 0.05) is 12.1 Å². The molecule has 0 atom stereocenters. The third kappa shape index (κ3) is 2.55. The molecule has 114 valence electrons. The third-order valence-electron chi connectivity index (χ3n) is 4.19. The van der Waals surface area contributed by atoms with Crippen LogP contribution in [0.2, 0.25) is 0 Å². The van der Waals surface area contributed by atoms with Crippen LogP contribution in [-0.4, -0.2) is 23.8 Å². The lowest BCUT2D eigenvalue weighted by Gasteiger charge is -2.42. The molecule has 4 nitrogen and oxygen atoms in total. The standard InChI is InChI=1S/C17H23NO3/c1-5-10-18-14-11-13(12(4)19)8-9-15(14)21-17(6-2,7-3)16(18)20/h8-9,11H,5-7,10H2,1-4H3. The fraction of sp³-hybridized carbons (Fsp3) is 0.529. The summed E-state index contributed by atoms with van der Waals surface area (Å²) in [5.41, 5.74) is 0.540. The van der Waals surface area contributed by atoms with E-state index in [1.807, 2.05) is 20.8 Å².